The van der Waals surface area contributed by atoms with Gasteiger partial charge in [-0.2, -0.15) is 0 Å². The van der Waals surface area contributed by atoms with Crippen LogP contribution in [0.5, 0.6) is 0 Å². The number of thiol groups is 1. The normalized spacial score (nSPS) is 9.80. The highest BCUT2D eigenvalue weighted by Gasteiger charge is 1.93. The maximum atomic E-state index is 10.8. The molecule has 1 aromatic rings. The lowest BCUT2D eigenvalue weighted by molar-refractivity contribution is 1.16. The van der Waals surface area contributed by atoms with Crippen molar-refractivity contribution in [3.8, 4) is 0 Å². The summed E-state index contributed by atoms with van der Waals surface area (Å²) >= 11 is 9.44. The van der Waals surface area contributed by atoms with Gasteiger partial charge < -0.3 is 0 Å². The number of aromatic nitrogens is 1. The molecular weight excluding hydrogens is 190 g/mol. The Labute approximate surface area is 72.1 Å². The van der Waals surface area contributed by atoms with E-state index in [-0.39, 0.29) is 5.56 Å². The lowest BCUT2D eigenvalue weighted by atomic mass is 10.5. The second-order valence-corrected chi connectivity index (χ2v) is 3.08. The molecule has 0 bridgehead atoms. The standard InChI is InChI=1S/C5H4ClNOS2/c6-4-1-2-5(8)7(3-4)10-9/h1-3,9H. The molecule has 1 heterocycles. The Morgan fingerprint density at radius 2 is 2.30 bits per heavy atom. The molecule has 1 rings (SSSR count). The Bertz CT molecular complexity index is 285. The Balaban J connectivity index is 3.22. The maximum Gasteiger partial charge on any atom is 0.261 e. The lowest BCUT2D eigenvalue weighted by Gasteiger charge is -1.96. The molecule has 1 aromatic heterocycles. The summed E-state index contributed by atoms with van der Waals surface area (Å²) in [5, 5.41) is 0.529. The molecule has 0 aliphatic heterocycles. The maximum absolute atomic E-state index is 10.8. The summed E-state index contributed by atoms with van der Waals surface area (Å²) in [5.41, 5.74) is -0.121. The number of hydrogen-bond acceptors (Lipinski definition) is 3. The first kappa shape index (κ1) is 8.04. The van der Waals surface area contributed by atoms with Crippen LogP contribution in [-0.2, 0) is 0 Å². The zero-order valence-corrected chi connectivity index (χ0v) is 7.29. The monoisotopic (exact) mass is 193 g/mol. The Hall–Kier alpha value is -0.0600. The van der Waals surface area contributed by atoms with Crippen LogP contribution in [0.25, 0.3) is 0 Å². The fourth-order valence-corrected chi connectivity index (χ4v) is 1.41. The van der Waals surface area contributed by atoms with Crippen molar-refractivity contribution in [3.05, 3.63) is 33.7 Å². The van der Waals surface area contributed by atoms with Crippen LogP contribution in [0.3, 0.4) is 0 Å². The first-order chi connectivity index (χ1) is 4.74. The van der Waals surface area contributed by atoms with Crippen molar-refractivity contribution in [3.63, 3.8) is 0 Å². The SMILES string of the molecule is O=c1ccc(Cl)cn1SS. The van der Waals surface area contributed by atoms with E-state index in [1.807, 2.05) is 0 Å². The third kappa shape index (κ3) is 1.71. The van der Waals surface area contributed by atoms with Gasteiger partial charge in [-0.1, -0.05) is 23.3 Å². The van der Waals surface area contributed by atoms with Crippen LogP contribution in [0.4, 0.5) is 0 Å². The molecule has 54 valence electrons. The summed E-state index contributed by atoms with van der Waals surface area (Å²) in [5.74, 6) is 0. The number of hydrogen-bond donors (Lipinski definition) is 1. The molecular formula is C5H4ClNOS2. The molecule has 0 spiro atoms. The summed E-state index contributed by atoms with van der Waals surface area (Å²) in [4.78, 5) is 10.8. The van der Waals surface area contributed by atoms with E-state index in [1.54, 1.807) is 6.07 Å². The zero-order chi connectivity index (χ0) is 7.56. The van der Waals surface area contributed by atoms with E-state index in [1.165, 1.54) is 16.2 Å². The molecule has 0 N–H and O–H groups in total. The molecule has 0 aliphatic carbocycles. The van der Waals surface area contributed by atoms with Gasteiger partial charge in [-0.15, -0.1) is 0 Å². The molecule has 0 saturated heterocycles. The molecule has 0 unspecified atom stereocenters. The summed E-state index contributed by atoms with van der Waals surface area (Å²) in [7, 11) is 1.02. The summed E-state index contributed by atoms with van der Waals surface area (Å²) in [6.07, 6.45) is 1.52. The minimum absolute atomic E-state index is 0.121. The average Bonchev–Trinajstić information content (AvgIpc) is 1.94. The quantitative estimate of drug-likeness (QED) is 0.543. The van der Waals surface area contributed by atoms with Crippen molar-refractivity contribution in [1.29, 1.82) is 0 Å². The highest BCUT2D eigenvalue weighted by Crippen LogP contribution is 2.10. The highest BCUT2D eigenvalue weighted by molar-refractivity contribution is 8.67. The van der Waals surface area contributed by atoms with Crippen molar-refractivity contribution in [2.24, 2.45) is 0 Å². The molecule has 0 saturated carbocycles. The minimum Gasteiger partial charge on any atom is -0.268 e. The first-order valence-corrected chi connectivity index (χ1v) is 4.64. The van der Waals surface area contributed by atoms with Gasteiger partial charge in [0.05, 0.1) is 5.02 Å². The van der Waals surface area contributed by atoms with Gasteiger partial charge in [-0.25, -0.2) is 3.97 Å². The third-order valence-corrected chi connectivity index (χ3v) is 2.14. The number of halogens is 1. The lowest BCUT2D eigenvalue weighted by Crippen LogP contribution is -2.10. The van der Waals surface area contributed by atoms with E-state index < -0.39 is 0 Å². The van der Waals surface area contributed by atoms with Gasteiger partial charge in [0, 0.05) is 23.2 Å². The van der Waals surface area contributed by atoms with E-state index in [9.17, 15) is 4.79 Å². The Kier molecular flexibility index (Phi) is 2.71. The largest absolute Gasteiger partial charge is 0.268 e. The van der Waals surface area contributed by atoms with Crippen LogP contribution in [-0.4, -0.2) is 3.97 Å². The van der Waals surface area contributed by atoms with Gasteiger partial charge in [-0.3, -0.25) is 4.79 Å². The van der Waals surface area contributed by atoms with Crippen LogP contribution < -0.4 is 5.56 Å². The summed E-state index contributed by atoms with van der Waals surface area (Å²) < 4.78 is 1.34. The van der Waals surface area contributed by atoms with Crippen molar-refractivity contribution >= 4 is 34.2 Å². The van der Waals surface area contributed by atoms with Crippen molar-refractivity contribution in [1.82, 2.24) is 3.97 Å². The van der Waals surface area contributed by atoms with Gasteiger partial charge >= 0.3 is 0 Å². The van der Waals surface area contributed by atoms with Crippen LogP contribution in [0.2, 0.25) is 5.02 Å². The van der Waals surface area contributed by atoms with E-state index in [0.29, 0.717) is 5.02 Å². The highest BCUT2D eigenvalue weighted by atomic mass is 35.5. The second-order valence-electron chi connectivity index (χ2n) is 1.59. The van der Waals surface area contributed by atoms with Crippen molar-refractivity contribution in [2.75, 3.05) is 0 Å². The second kappa shape index (κ2) is 3.37. The van der Waals surface area contributed by atoms with Gasteiger partial charge in [0.2, 0.25) is 0 Å². The van der Waals surface area contributed by atoms with E-state index in [0.717, 1.165) is 11.0 Å². The average molecular weight is 194 g/mol. The molecule has 0 radical (unpaired) electrons. The predicted octanol–water partition coefficient (Wildman–Crippen LogP) is 1.84. The van der Waals surface area contributed by atoms with Crippen molar-refractivity contribution < 1.29 is 0 Å². The number of nitrogens with zero attached hydrogens (tertiary/aromatic N) is 1. The zero-order valence-electron chi connectivity index (χ0n) is 4.82. The van der Waals surface area contributed by atoms with Gasteiger partial charge in [0.25, 0.3) is 5.56 Å². The predicted molar refractivity (Wildman–Crippen MR) is 47.7 cm³/mol. The molecule has 10 heavy (non-hydrogen) atoms. The topological polar surface area (TPSA) is 22.0 Å². The molecule has 0 fully saturated rings. The fourth-order valence-electron chi connectivity index (χ4n) is 0.507. The van der Waals surface area contributed by atoms with E-state index in [4.69, 9.17) is 11.6 Å². The van der Waals surface area contributed by atoms with E-state index >= 15 is 0 Å². The molecule has 5 heteroatoms. The van der Waals surface area contributed by atoms with Crippen molar-refractivity contribution in [2.45, 2.75) is 0 Å². The van der Waals surface area contributed by atoms with Crippen LogP contribution in [0, 0.1) is 0 Å². The molecule has 0 aromatic carbocycles. The minimum atomic E-state index is -0.121. The third-order valence-electron chi connectivity index (χ3n) is 0.931. The van der Waals surface area contributed by atoms with Crippen LogP contribution >= 0.6 is 34.2 Å². The molecule has 0 atom stereocenters. The fraction of sp³-hybridized carbons (Fsp3) is 0. The summed E-state index contributed by atoms with van der Waals surface area (Å²) in [6, 6.07) is 2.94. The molecule has 0 aliphatic rings. The first-order valence-electron chi connectivity index (χ1n) is 2.44. The Morgan fingerprint density at radius 1 is 1.60 bits per heavy atom. The van der Waals surface area contributed by atoms with Gasteiger partial charge in [0.1, 0.15) is 0 Å². The number of rotatable bonds is 1. The summed E-state index contributed by atoms with van der Waals surface area (Å²) in [6.45, 7) is 0. The van der Waals surface area contributed by atoms with Crippen LogP contribution in [0.1, 0.15) is 0 Å². The molecule has 0 amide bonds. The number of pyridine rings is 1. The van der Waals surface area contributed by atoms with Gasteiger partial charge in [-0.05, 0) is 6.07 Å². The molecule has 2 nitrogen and oxygen atoms in total. The smallest absolute Gasteiger partial charge is 0.261 e. The van der Waals surface area contributed by atoms with Crippen LogP contribution in [0.15, 0.2) is 23.1 Å². The van der Waals surface area contributed by atoms with Gasteiger partial charge in [0.15, 0.2) is 0 Å². The van der Waals surface area contributed by atoms with E-state index in [2.05, 4.69) is 11.7 Å². The Morgan fingerprint density at radius 3 is 2.80 bits per heavy atom.